The summed E-state index contributed by atoms with van der Waals surface area (Å²) in [5.74, 6) is -0.125. The molecule has 0 spiro atoms. The quantitative estimate of drug-likeness (QED) is 0.707. The van der Waals surface area contributed by atoms with Crippen LogP contribution in [0.2, 0.25) is 0 Å². The molecule has 1 aromatic rings. The van der Waals surface area contributed by atoms with E-state index in [9.17, 15) is 14.4 Å². The fraction of sp³-hybridized carbons (Fsp3) is 0.625. The third kappa shape index (κ3) is 5.39. The number of hydrogen-bond acceptors (Lipinski definition) is 5. The van der Waals surface area contributed by atoms with Crippen molar-refractivity contribution >= 4 is 35.4 Å². The molecule has 1 fully saturated rings. The molecule has 32 heavy (non-hydrogen) atoms. The van der Waals surface area contributed by atoms with Gasteiger partial charge in [-0.05, 0) is 79.0 Å². The van der Waals surface area contributed by atoms with Gasteiger partial charge in [-0.25, -0.2) is 4.79 Å². The molecule has 1 unspecified atom stereocenters. The highest BCUT2D eigenvalue weighted by Gasteiger charge is 2.35. The molecule has 0 aliphatic carbocycles. The van der Waals surface area contributed by atoms with Crippen LogP contribution in [-0.2, 0) is 9.53 Å². The molecular formula is C24H35N3O4S. The number of anilines is 1. The number of fused-ring (bicyclic) bond motifs is 1. The molecule has 2 aliphatic rings. The summed E-state index contributed by atoms with van der Waals surface area (Å²) in [5.41, 5.74) is 1.60. The number of aryl methyl sites for hydroxylation is 1. The second-order valence-corrected chi connectivity index (χ2v) is 11.3. The van der Waals surface area contributed by atoms with Crippen LogP contribution in [0.15, 0.2) is 17.0 Å². The van der Waals surface area contributed by atoms with E-state index in [-0.39, 0.29) is 35.2 Å². The number of ether oxygens (including phenoxy) is 1. The van der Waals surface area contributed by atoms with E-state index in [4.69, 9.17) is 4.74 Å². The zero-order valence-electron chi connectivity index (χ0n) is 20.2. The zero-order chi connectivity index (χ0) is 23.8. The maximum absolute atomic E-state index is 13.7. The van der Waals surface area contributed by atoms with Crippen molar-refractivity contribution in [1.29, 1.82) is 0 Å². The van der Waals surface area contributed by atoms with E-state index in [1.165, 1.54) is 11.8 Å². The lowest BCUT2D eigenvalue weighted by Gasteiger charge is -2.42. The molecule has 2 aliphatic heterocycles. The van der Waals surface area contributed by atoms with E-state index in [1.54, 1.807) is 11.0 Å². The smallest absolute Gasteiger partial charge is 0.410 e. The van der Waals surface area contributed by atoms with Gasteiger partial charge in [-0.2, -0.15) is 0 Å². The Hall–Kier alpha value is -2.22. The molecule has 0 saturated carbocycles. The van der Waals surface area contributed by atoms with Crippen LogP contribution in [0, 0.1) is 6.92 Å². The Labute approximate surface area is 195 Å². The van der Waals surface area contributed by atoms with E-state index < -0.39 is 5.60 Å². The van der Waals surface area contributed by atoms with Gasteiger partial charge in [0.05, 0.1) is 17.0 Å². The summed E-state index contributed by atoms with van der Waals surface area (Å²) in [6.45, 7) is 14.4. The van der Waals surface area contributed by atoms with Crippen LogP contribution in [0.5, 0.6) is 0 Å². The second kappa shape index (κ2) is 9.33. The zero-order valence-corrected chi connectivity index (χ0v) is 21.0. The topological polar surface area (TPSA) is 79.0 Å². The van der Waals surface area contributed by atoms with Crippen LogP contribution in [0.4, 0.5) is 10.5 Å². The Morgan fingerprint density at radius 1 is 1.28 bits per heavy atom. The summed E-state index contributed by atoms with van der Waals surface area (Å²) in [7, 11) is 0. The maximum atomic E-state index is 13.7. The van der Waals surface area contributed by atoms with Gasteiger partial charge < -0.3 is 19.9 Å². The number of piperidine rings is 1. The normalized spacial score (nSPS) is 21.1. The van der Waals surface area contributed by atoms with Gasteiger partial charge in [0.2, 0.25) is 5.91 Å². The number of nitrogens with one attached hydrogen (secondary N) is 1. The summed E-state index contributed by atoms with van der Waals surface area (Å²) in [5, 5.41) is 2.77. The van der Waals surface area contributed by atoms with Crippen molar-refractivity contribution < 1.29 is 19.1 Å². The fourth-order valence-corrected chi connectivity index (χ4v) is 5.25. The average Bonchev–Trinajstić information content (AvgIpc) is 2.67. The maximum Gasteiger partial charge on any atom is 0.410 e. The third-order valence-electron chi connectivity index (χ3n) is 5.72. The molecule has 2 atom stereocenters. The number of benzene rings is 1. The van der Waals surface area contributed by atoms with E-state index in [0.29, 0.717) is 24.3 Å². The average molecular weight is 462 g/mol. The third-order valence-corrected chi connectivity index (χ3v) is 6.88. The number of carbonyl (C=O) groups excluding carboxylic acids is 3. The predicted molar refractivity (Wildman–Crippen MR) is 127 cm³/mol. The molecule has 2 heterocycles. The van der Waals surface area contributed by atoms with Gasteiger partial charge in [-0.1, -0.05) is 0 Å². The van der Waals surface area contributed by atoms with Gasteiger partial charge in [-0.3, -0.25) is 9.59 Å². The molecule has 1 saturated heterocycles. The number of likely N-dealkylation sites (tertiary alicyclic amines) is 1. The number of hydrogen-bond donors (Lipinski definition) is 1. The van der Waals surface area contributed by atoms with Gasteiger partial charge in [0.15, 0.2) is 0 Å². The van der Waals surface area contributed by atoms with Gasteiger partial charge in [0, 0.05) is 29.6 Å². The first-order valence-corrected chi connectivity index (χ1v) is 12.2. The van der Waals surface area contributed by atoms with E-state index in [2.05, 4.69) is 5.32 Å². The molecule has 7 nitrogen and oxygen atoms in total. The van der Waals surface area contributed by atoms with Crippen molar-refractivity contribution in [3.8, 4) is 0 Å². The number of amides is 3. The van der Waals surface area contributed by atoms with Crippen LogP contribution in [-0.4, -0.2) is 63.7 Å². The minimum absolute atomic E-state index is 0.0366. The van der Waals surface area contributed by atoms with Crippen molar-refractivity contribution in [2.45, 2.75) is 89.1 Å². The van der Waals surface area contributed by atoms with Gasteiger partial charge in [0.1, 0.15) is 5.60 Å². The lowest BCUT2D eigenvalue weighted by Crippen LogP contribution is -2.54. The highest BCUT2D eigenvalue weighted by Crippen LogP contribution is 2.38. The predicted octanol–water partition coefficient (Wildman–Crippen LogP) is 4.68. The Balaban J connectivity index is 1.84. The van der Waals surface area contributed by atoms with Crippen LogP contribution in [0.25, 0.3) is 0 Å². The standard InChI is InChI=1S/C24H35N3O4S/c1-14(2)27(17-9-8-10-26(13-17)23(30)31-24(5,6)7)22(29)18-12-19-20(11-15(18)3)32-16(4)21(28)25-19/h11-12,14,16-17H,8-10,13H2,1-7H3,(H,25,28)/t16?,17-/m1/s1. The van der Waals surface area contributed by atoms with Gasteiger partial charge in [-0.15, -0.1) is 11.8 Å². The van der Waals surface area contributed by atoms with Crippen molar-refractivity contribution in [3.05, 3.63) is 23.3 Å². The monoisotopic (exact) mass is 461 g/mol. The summed E-state index contributed by atoms with van der Waals surface area (Å²) in [6, 6.07) is 3.65. The van der Waals surface area contributed by atoms with Crippen molar-refractivity contribution in [2.24, 2.45) is 0 Å². The molecule has 0 bridgehead atoms. The molecule has 0 radical (unpaired) electrons. The van der Waals surface area contributed by atoms with Crippen LogP contribution in [0.3, 0.4) is 0 Å². The summed E-state index contributed by atoms with van der Waals surface area (Å²) in [6.07, 6.45) is 1.31. The van der Waals surface area contributed by atoms with E-state index in [1.807, 2.05) is 59.4 Å². The SMILES string of the molecule is Cc1cc2c(cc1C(=O)N(C(C)C)[C@@H]1CCCN(C(=O)OC(C)(C)C)C1)NC(=O)C(C)S2. The number of nitrogens with zero attached hydrogens (tertiary/aromatic N) is 2. The Kier molecular flexibility index (Phi) is 7.12. The van der Waals surface area contributed by atoms with Crippen molar-refractivity contribution in [3.63, 3.8) is 0 Å². The van der Waals surface area contributed by atoms with E-state index >= 15 is 0 Å². The number of thioether (sulfide) groups is 1. The van der Waals surface area contributed by atoms with Gasteiger partial charge >= 0.3 is 6.09 Å². The second-order valence-electron chi connectivity index (χ2n) is 9.94. The first-order chi connectivity index (χ1) is 14.9. The Morgan fingerprint density at radius 3 is 2.59 bits per heavy atom. The molecule has 0 aromatic heterocycles. The lowest BCUT2D eigenvalue weighted by molar-refractivity contribution is -0.115. The minimum Gasteiger partial charge on any atom is -0.444 e. The van der Waals surface area contributed by atoms with Crippen LogP contribution >= 0.6 is 11.8 Å². The molecule has 176 valence electrons. The summed E-state index contributed by atoms with van der Waals surface area (Å²) >= 11 is 1.51. The lowest BCUT2D eigenvalue weighted by atomic mass is 9.99. The Morgan fingerprint density at radius 2 is 1.97 bits per heavy atom. The van der Waals surface area contributed by atoms with Crippen LogP contribution < -0.4 is 5.32 Å². The highest BCUT2D eigenvalue weighted by atomic mass is 32.2. The molecule has 1 N–H and O–H groups in total. The van der Waals surface area contributed by atoms with Crippen molar-refractivity contribution in [1.82, 2.24) is 9.80 Å². The molecule has 1 aromatic carbocycles. The number of rotatable bonds is 3. The fourth-order valence-electron chi connectivity index (χ4n) is 4.22. The van der Waals surface area contributed by atoms with Crippen molar-refractivity contribution in [2.75, 3.05) is 18.4 Å². The summed E-state index contributed by atoms with van der Waals surface area (Å²) < 4.78 is 5.55. The highest BCUT2D eigenvalue weighted by molar-refractivity contribution is 8.00. The minimum atomic E-state index is -0.558. The van der Waals surface area contributed by atoms with Crippen LogP contribution in [0.1, 0.15) is 70.3 Å². The first kappa shape index (κ1) is 24.4. The van der Waals surface area contributed by atoms with Gasteiger partial charge in [0.25, 0.3) is 5.91 Å². The molecule has 3 rings (SSSR count). The molecule has 3 amide bonds. The summed E-state index contributed by atoms with van der Waals surface area (Å²) in [4.78, 5) is 43.0. The van der Waals surface area contributed by atoms with E-state index in [0.717, 1.165) is 23.3 Å². The molecule has 8 heteroatoms. The molecular weight excluding hydrogens is 426 g/mol. The largest absolute Gasteiger partial charge is 0.444 e. The first-order valence-electron chi connectivity index (χ1n) is 11.3. The number of carbonyl (C=O) groups is 3. The Bertz CT molecular complexity index is 909.